The summed E-state index contributed by atoms with van der Waals surface area (Å²) in [4.78, 5) is 18.1. The standard InChI is InChI=1S/C31H36N2O5/c1-37-25-7-3-5-22(19-25)6-4-17-33-18-15-23(24(21-33)9-13-31(35)36)8-12-30(34)27-14-16-32-29-11-10-26(38-2)20-28(27)29/h3,5,7,10-11,14,16,19-20,23-24,30,34H,8-9,12-13,15,17-18,21H2,1-2H3,(H,35,36)/t23?,24?,30-/m0/s1. The van der Waals surface area contributed by atoms with Crippen LogP contribution >= 0.6 is 0 Å². The Morgan fingerprint density at radius 1 is 1.11 bits per heavy atom. The molecule has 1 saturated heterocycles. The number of likely N-dealkylation sites (tertiary alicyclic amines) is 1. The molecule has 1 fully saturated rings. The smallest absolute Gasteiger partial charge is 0.303 e. The van der Waals surface area contributed by atoms with E-state index in [9.17, 15) is 15.0 Å². The third kappa shape index (κ3) is 7.25. The van der Waals surface area contributed by atoms with Crippen LogP contribution < -0.4 is 9.47 Å². The number of aliphatic hydroxyl groups excluding tert-OH is 1. The number of pyridine rings is 1. The Hall–Kier alpha value is -3.60. The highest BCUT2D eigenvalue weighted by atomic mass is 16.5. The zero-order valence-electron chi connectivity index (χ0n) is 22.1. The molecule has 2 unspecified atom stereocenters. The largest absolute Gasteiger partial charge is 0.497 e. The Morgan fingerprint density at radius 2 is 1.92 bits per heavy atom. The van der Waals surface area contributed by atoms with Crippen molar-refractivity contribution >= 4 is 16.9 Å². The first kappa shape index (κ1) is 27.4. The molecule has 38 heavy (non-hydrogen) atoms. The van der Waals surface area contributed by atoms with Crippen LogP contribution in [-0.4, -0.2) is 59.9 Å². The molecule has 1 aliphatic rings. The van der Waals surface area contributed by atoms with Gasteiger partial charge in [0.25, 0.3) is 0 Å². The van der Waals surface area contributed by atoms with Crippen LogP contribution in [0.25, 0.3) is 10.9 Å². The summed E-state index contributed by atoms with van der Waals surface area (Å²) >= 11 is 0. The number of carboxylic acid groups (broad SMARTS) is 1. The van der Waals surface area contributed by atoms with Gasteiger partial charge in [-0.2, -0.15) is 0 Å². The van der Waals surface area contributed by atoms with E-state index in [1.54, 1.807) is 20.4 Å². The highest BCUT2D eigenvalue weighted by Gasteiger charge is 2.30. The molecule has 0 saturated carbocycles. The van der Waals surface area contributed by atoms with Gasteiger partial charge in [0.1, 0.15) is 11.5 Å². The maximum absolute atomic E-state index is 11.3. The van der Waals surface area contributed by atoms with Gasteiger partial charge in [0, 0.05) is 30.1 Å². The highest BCUT2D eigenvalue weighted by Crippen LogP contribution is 2.35. The number of piperidine rings is 1. The van der Waals surface area contributed by atoms with Crippen molar-refractivity contribution in [3.63, 3.8) is 0 Å². The molecule has 2 N–H and O–H groups in total. The minimum absolute atomic E-state index is 0.155. The number of hydrogen-bond acceptors (Lipinski definition) is 6. The molecule has 1 aliphatic heterocycles. The lowest BCUT2D eigenvalue weighted by Crippen LogP contribution is -2.41. The first-order chi connectivity index (χ1) is 18.5. The number of methoxy groups -OCH3 is 2. The van der Waals surface area contributed by atoms with Gasteiger partial charge in [-0.1, -0.05) is 17.9 Å². The SMILES string of the molecule is COc1cccc(C#CCN2CCC(CC[C@H](O)c3ccnc4ccc(OC)cc34)C(CCC(=O)O)C2)c1. The predicted molar refractivity (Wildman–Crippen MR) is 147 cm³/mol. The van der Waals surface area contributed by atoms with E-state index in [-0.39, 0.29) is 12.3 Å². The van der Waals surface area contributed by atoms with E-state index in [1.165, 1.54) is 0 Å². The number of rotatable bonds is 10. The molecular formula is C31H36N2O5. The average molecular weight is 517 g/mol. The van der Waals surface area contributed by atoms with E-state index in [0.717, 1.165) is 59.5 Å². The molecule has 0 bridgehead atoms. The Kier molecular flexibility index (Phi) is 9.58. The van der Waals surface area contributed by atoms with Crippen molar-refractivity contribution in [3.05, 3.63) is 65.9 Å². The summed E-state index contributed by atoms with van der Waals surface area (Å²) in [5, 5.41) is 21.3. The summed E-state index contributed by atoms with van der Waals surface area (Å²) in [5.41, 5.74) is 2.59. The third-order valence-electron chi connectivity index (χ3n) is 7.46. The zero-order valence-corrected chi connectivity index (χ0v) is 22.1. The maximum atomic E-state index is 11.3. The van der Waals surface area contributed by atoms with E-state index in [1.807, 2.05) is 48.5 Å². The predicted octanol–water partition coefficient (Wildman–Crippen LogP) is 4.92. The lowest BCUT2D eigenvalue weighted by atomic mass is 9.79. The second kappa shape index (κ2) is 13.3. The van der Waals surface area contributed by atoms with Gasteiger partial charge in [0.15, 0.2) is 0 Å². The topological polar surface area (TPSA) is 92.1 Å². The van der Waals surface area contributed by atoms with Gasteiger partial charge in [-0.3, -0.25) is 14.7 Å². The molecule has 0 radical (unpaired) electrons. The molecule has 3 aromatic rings. The molecule has 0 spiro atoms. The second-order valence-corrected chi connectivity index (χ2v) is 9.89. The second-order valence-electron chi connectivity index (χ2n) is 9.89. The molecule has 7 heteroatoms. The quantitative estimate of drug-likeness (QED) is 0.370. The van der Waals surface area contributed by atoms with E-state index in [4.69, 9.17) is 9.47 Å². The zero-order chi connectivity index (χ0) is 26.9. The average Bonchev–Trinajstić information content (AvgIpc) is 2.94. The Balaban J connectivity index is 1.39. The minimum atomic E-state index is -0.768. The van der Waals surface area contributed by atoms with Crippen LogP contribution in [0.5, 0.6) is 11.5 Å². The first-order valence-corrected chi connectivity index (χ1v) is 13.1. The van der Waals surface area contributed by atoms with Gasteiger partial charge < -0.3 is 19.7 Å². The molecule has 0 amide bonds. The van der Waals surface area contributed by atoms with Gasteiger partial charge in [-0.05, 0) is 92.1 Å². The number of nitrogens with zero attached hydrogens (tertiary/aromatic N) is 2. The molecule has 2 aromatic carbocycles. The van der Waals surface area contributed by atoms with Crippen molar-refractivity contribution in [1.29, 1.82) is 0 Å². The van der Waals surface area contributed by atoms with Crippen molar-refractivity contribution in [2.45, 2.75) is 38.2 Å². The number of carboxylic acids is 1. The van der Waals surface area contributed by atoms with Crippen LogP contribution in [-0.2, 0) is 4.79 Å². The van der Waals surface area contributed by atoms with Crippen molar-refractivity contribution in [2.75, 3.05) is 33.9 Å². The van der Waals surface area contributed by atoms with Gasteiger partial charge in [-0.15, -0.1) is 0 Å². The minimum Gasteiger partial charge on any atom is -0.497 e. The molecular weight excluding hydrogens is 480 g/mol. The fourth-order valence-corrected chi connectivity index (χ4v) is 5.36. The fraction of sp³-hybridized carbons (Fsp3) is 0.419. The molecule has 200 valence electrons. The number of ether oxygens (including phenoxy) is 2. The number of aromatic nitrogens is 1. The number of aliphatic hydroxyl groups is 1. The molecule has 7 nitrogen and oxygen atoms in total. The van der Waals surface area contributed by atoms with E-state index in [0.29, 0.717) is 25.3 Å². The molecule has 1 aromatic heterocycles. The van der Waals surface area contributed by atoms with Gasteiger partial charge in [0.05, 0.1) is 32.4 Å². The summed E-state index contributed by atoms with van der Waals surface area (Å²) < 4.78 is 10.6. The molecule has 0 aliphatic carbocycles. The van der Waals surface area contributed by atoms with Crippen molar-refractivity contribution in [2.24, 2.45) is 11.8 Å². The monoisotopic (exact) mass is 516 g/mol. The normalized spacial score (nSPS) is 18.4. The van der Waals surface area contributed by atoms with E-state index in [2.05, 4.69) is 21.7 Å². The van der Waals surface area contributed by atoms with Crippen LogP contribution in [0, 0.1) is 23.7 Å². The Labute approximate surface area is 224 Å². The van der Waals surface area contributed by atoms with Crippen molar-refractivity contribution < 1.29 is 24.5 Å². The summed E-state index contributed by atoms with van der Waals surface area (Å²) in [5.74, 6) is 7.83. The Morgan fingerprint density at radius 3 is 2.71 bits per heavy atom. The van der Waals surface area contributed by atoms with Crippen LogP contribution in [0.3, 0.4) is 0 Å². The molecule has 2 heterocycles. The third-order valence-corrected chi connectivity index (χ3v) is 7.46. The lowest BCUT2D eigenvalue weighted by molar-refractivity contribution is -0.137. The fourth-order valence-electron chi connectivity index (χ4n) is 5.36. The van der Waals surface area contributed by atoms with Crippen LogP contribution in [0.1, 0.15) is 49.3 Å². The van der Waals surface area contributed by atoms with Crippen molar-refractivity contribution in [1.82, 2.24) is 9.88 Å². The number of aliphatic carboxylic acids is 1. The number of fused-ring (bicyclic) bond motifs is 1. The molecule has 4 rings (SSSR count). The number of hydrogen-bond donors (Lipinski definition) is 2. The maximum Gasteiger partial charge on any atom is 0.303 e. The lowest BCUT2D eigenvalue weighted by Gasteiger charge is -2.38. The van der Waals surface area contributed by atoms with Gasteiger partial charge in [-0.25, -0.2) is 0 Å². The number of benzene rings is 2. The first-order valence-electron chi connectivity index (χ1n) is 13.1. The highest BCUT2D eigenvalue weighted by molar-refractivity contribution is 5.83. The van der Waals surface area contributed by atoms with Crippen LogP contribution in [0.2, 0.25) is 0 Å². The van der Waals surface area contributed by atoms with Crippen molar-refractivity contribution in [3.8, 4) is 23.3 Å². The summed E-state index contributed by atoms with van der Waals surface area (Å²) in [6.07, 6.45) is 4.30. The van der Waals surface area contributed by atoms with Gasteiger partial charge in [0.2, 0.25) is 0 Å². The molecule has 3 atom stereocenters. The van der Waals surface area contributed by atoms with E-state index < -0.39 is 12.1 Å². The summed E-state index contributed by atoms with van der Waals surface area (Å²) in [6, 6.07) is 15.3. The Bertz CT molecular complexity index is 1300. The van der Waals surface area contributed by atoms with Crippen LogP contribution in [0.4, 0.5) is 0 Å². The number of carbonyl (C=O) groups is 1. The summed E-state index contributed by atoms with van der Waals surface area (Å²) in [7, 11) is 3.27. The summed E-state index contributed by atoms with van der Waals surface area (Å²) in [6.45, 7) is 2.36. The van der Waals surface area contributed by atoms with Crippen LogP contribution in [0.15, 0.2) is 54.7 Å². The van der Waals surface area contributed by atoms with E-state index >= 15 is 0 Å². The van der Waals surface area contributed by atoms with Gasteiger partial charge >= 0.3 is 5.97 Å².